The summed E-state index contributed by atoms with van der Waals surface area (Å²) in [6, 6.07) is 0. The molecular formula is C10H24N2O3. The summed E-state index contributed by atoms with van der Waals surface area (Å²) in [6.07, 6.45) is 0.934. The number of hydrogen-bond donors (Lipinski definition) is 2. The van der Waals surface area contributed by atoms with Crippen molar-refractivity contribution in [2.24, 2.45) is 5.73 Å². The molecule has 1 aliphatic rings. The molecule has 5 nitrogen and oxygen atoms in total. The number of ether oxygens (including phenoxy) is 3. The first-order valence-corrected chi connectivity index (χ1v) is 5.47. The number of rotatable bonds is 6. The third kappa shape index (κ3) is 13.8. The van der Waals surface area contributed by atoms with E-state index in [1.807, 2.05) is 0 Å². The van der Waals surface area contributed by atoms with Crippen LogP contribution in [0, 0.1) is 0 Å². The van der Waals surface area contributed by atoms with E-state index >= 15 is 0 Å². The normalized spacial score (nSPS) is 15.6. The average molecular weight is 220 g/mol. The van der Waals surface area contributed by atoms with E-state index in [-0.39, 0.29) is 0 Å². The number of methoxy groups -OCH3 is 1. The van der Waals surface area contributed by atoms with Gasteiger partial charge in [0.2, 0.25) is 0 Å². The number of nitrogens with two attached hydrogens (primary N) is 1. The Kier molecular flexibility index (Phi) is 13.6. The summed E-state index contributed by atoms with van der Waals surface area (Å²) in [4.78, 5) is 0. The highest BCUT2D eigenvalue weighted by Gasteiger charge is 1.92. The number of hydrogen-bond acceptors (Lipinski definition) is 5. The van der Waals surface area contributed by atoms with E-state index in [1.165, 1.54) is 0 Å². The summed E-state index contributed by atoms with van der Waals surface area (Å²) >= 11 is 0. The van der Waals surface area contributed by atoms with Crippen LogP contribution >= 0.6 is 0 Å². The fourth-order valence-corrected chi connectivity index (χ4v) is 0.945. The first-order chi connectivity index (χ1) is 7.41. The van der Waals surface area contributed by atoms with Gasteiger partial charge in [0.1, 0.15) is 0 Å². The molecule has 0 saturated carbocycles. The van der Waals surface area contributed by atoms with Crippen molar-refractivity contribution in [2.45, 2.75) is 6.42 Å². The van der Waals surface area contributed by atoms with Crippen molar-refractivity contribution in [1.82, 2.24) is 5.32 Å². The average Bonchev–Trinajstić information content (AvgIpc) is 2.32. The van der Waals surface area contributed by atoms with Gasteiger partial charge >= 0.3 is 0 Å². The molecule has 0 unspecified atom stereocenters. The molecular weight excluding hydrogens is 196 g/mol. The minimum atomic E-state index is 0.671. The molecule has 0 aromatic rings. The van der Waals surface area contributed by atoms with Gasteiger partial charge in [0.25, 0.3) is 0 Å². The van der Waals surface area contributed by atoms with Crippen molar-refractivity contribution in [3.63, 3.8) is 0 Å². The van der Waals surface area contributed by atoms with Gasteiger partial charge in [-0.05, 0) is 13.0 Å². The van der Waals surface area contributed by atoms with Gasteiger partial charge in [0, 0.05) is 26.8 Å². The fraction of sp³-hybridized carbons (Fsp3) is 1.00. The predicted molar refractivity (Wildman–Crippen MR) is 60.1 cm³/mol. The van der Waals surface area contributed by atoms with Crippen LogP contribution < -0.4 is 11.1 Å². The Balaban J connectivity index is 0.000000280. The zero-order chi connectivity index (χ0) is 11.2. The van der Waals surface area contributed by atoms with Crippen LogP contribution in [0.4, 0.5) is 0 Å². The second kappa shape index (κ2) is 13.8. The first kappa shape index (κ1) is 14.8. The van der Waals surface area contributed by atoms with Crippen LogP contribution in [0.25, 0.3) is 0 Å². The molecule has 0 aromatic heterocycles. The Morgan fingerprint density at radius 1 is 1.20 bits per heavy atom. The standard InChI is InChI=1S/C6H15NO2.C4H9NO/c1-8-5-6-9-4-2-3-7;1-3-6-4-2-5-1/h2-7H2,1H3;5H,1-4H2. The number of nitrogens with one attached hydrogen (secondary N) is 1. The lowest BCUT2D eigenvalue weighted by atomic mass is 10.5. The van der Waals surface area contributed by atoms with E-state index in [2.05, 4.69) is 5.32 Å². The van der Waals surface area contributed by atoms with E-state index in [0.29, 0.717) is 19.8 Å². The van der Waals surface area contributed by atoms with E-state index in [4.69, 9.17) is 19.9 Å². The SMILES string of the molecule is C1COCCN1.COCCOCCCN. The van der Waals surface area contributed by atoms with Gasteiger partial charge in [-0.25, -0.2) is 0 Å². The Bertz CT molecular complexity index is 93.3. The van der Waals surface area contributed by atoms with Gasteiger partial charge in [-0.15, -0.1) is 0 Å². The van der Waals surface area contributed by atoms with Gasteiger partial charge in [-0.1, -0.05) is 0 Å². The highest BCUT2D eigenvalue weighted by molar-refractivity contribution is 4.49. The van der Waals surface area contributed by atoms with E-state index in [9.17, 15) is 0 Å². The number of morpholine rings is 1. The quantitative estimate of drug-likeness (QED) is 0.597. The molecule has 0 radical (unpaired) electrons. The Morgan fingerprint density at radius 2 is 1.93 bits per heavy atom. The molecule has 0 amide bonds. The monoisotopic (exact) mass is 220 g/mol. The molecule has 0 aliphatic carbocycles. The van der Waals surface area contributed by atoms with Crippen molar-refractivity contribution in [3.8, 4) is 0 Å². The van der Waals surface area contributed by atoms with Gasteiger partial charge in [-0.3, -0.25) is 0 Å². The van der Waals surface area contributed by atoms with E-state index < -0.39 is 0 Å². The lowest BCUT2D eigenvalue weighted by molar-refractivity contribution is 0.0702. The zero-order valence-electron chi connectivity index (χ0n) is 9.67. The van der Waals surface area contributed by atoms with Crippen molar-refractivity contribution in [2.75, 3.05) is 59.8 Å². The zero-order valence-corrected chi connectivity index (χ0v) is 9.67. The second-order valence-corrected chi connectivity index (χ2v) is 3.11. The Hall–Kier alpha value is -0.200. The highest BCUT2D eigenvalue weighted by atomic mass is 16.5. The maximum atomic E-state index is 5.23. The molecule has 1 aliphatic heterocycles. The van der Waals surface area contributed by atoms with Crippen molar-refractivity contribution < 1.29 is 14.2 Å². The third-order valence-electron chi connectivity index (χ3n) is 1.77. The Morgan fingerprint density at radius 3 is 2.33 bits per heavy atom. The molecule has 5 heteroatoms. The molecule has 1 heterocycles. The van der Waals surface area contributed by atoms with Gasteiger partial charge in [0.05, 0.1) is 26.4 Å². The molecule has 1 rings (SSSR count). The van der Waals surface area contributed by atoms with E-state index in [0.717, 1.165) is 39.3 Å². The molecule has 0 atom stereocenters. The Labute approximate surface area is 92.3 Å². The lowest BCUT2D eigenvalue weighted by Crippen LogP contribution is -2.30. The summed E-state index contributed by atoms with van der Waals surface area (Å²) in [6.45, 7) is 6.63. The smallest absolute Gasteiger partial charge is 0.0700 e. The largest absolute Gasteiger partial charge is 0.382 e. The van der Waals surface area contributed by atoms with Crippen LogP contribution in [0.1, 0.15) is 6.42 Å². The van der Waals surface area contributed by atoms with Crippen molar-refractivity contribution in [1.29, 1.82) is 0 Å². The van der Waals surface area contributed by atoms with Gasteiger partial charge < -0.3 is 25.3 Å². The minimum absolute atomic E-state index is 0.671. The van der Waals surface area contributed by atoms with Crippen LogP contribution in [0.3, 0.4) is 0 Å². The fourth-order valence-electron chi connectivity index (χ4n) is 0.945. The summed E-state index contributed by atoms with van der Waals surface area (Å²) < 4.78 is 14.9. The molecule has 1 saturated heterocycles. The minimum Gasteiger partial charge on any atom is -0.382 e. The second-order valence-electron chi connectivity index (χ2n) is 3.11. The topological polar surface area (TPSA) is 65.7 Å². The lowest BCUT2D eigenvalue weighted by Gasteiger charge is -2.10. The molecule has 0 bridgehead atoms. The molecule has 0 spiro atoms. The van der Waals surface area contributed by atoms with Gasteiger partial charge in [-0.2, -0.15) is 0 Å². The van der Waals surface area contributed by atoms with Crippen LogP contribution in [-0.2, 0) is 14.2 Å². The molecule has 0 aromatic carbocycles. The van der Waals surface area contributed by atoms with Gasteiger partial charge in [0.15, 0.2) is 0 Å². The van der Waals surface area contributed by atoms with Crippen LogP contribution in [0.5, 0.6) is 0 Å². The summed E-state index contributed by atoms with van der Waals surface area (Å²) in [7, 11) is 1.66. The predicted octanol–water partition coefficient (Wildman–Crippen LogP) is -0.396. The van der Waals surface area contributed by atoms with Crippen LogP contribution in [0.2, 0.25) is 0 Å². The maximum absolute atomic E-state index is 5.23. The maximum Gasteiger partial charge on any atom is 0.0700 e. The summed E-state index contributed by atoms with van der Waals surface area (Å²) in [5.41, 5.74) is 5.23. The highest BCUT2D eigenvalue weighted by Crippen LogP contribution is 1.79. The van der Waals surface area contributed by atoms with Crippen LogP contribution in [0.15, 0.2) is 0 Å². The summed E-state index contributed by atoms with van der Waals surface area (Å²) in [5, 5.41) is 3.16. The molecule has 3 N–H and O–H groups in total. The van der Waals surface area contributed by atoms with Crippen molar-refractivity contribution in [3.05, 3.63) is 0 Å². The first-order valence-electron chi connectivity index (χ1n) is 5.47. The summed E-state index contributed by atoms with van der Waals surface area (Å²) in [5.74, 6) is 0. The van der Waals surface area contributed by atoms with Crippen molar-refractivity contribution >= 4 is 0 Å². The molecule has 92 valence electrons. The molecule has 15 heavy (non-hydrogen) atoms. The van der Waals surface area contributed by atoms with Crippen LogP contribution in [-0.4, -0.2) is 59.8 Å². The third-order valence-corrected chi connectivity index (χ3v) is 1.77. The molecule has 1 fully saturated rings. The van der Waals surface area contributed by atoms with E-state index in [1.54, 1.807) is 7.11 Å².